The molecule has 1 saturated heterocycles. The van der Waals surface area contributed by atoms with Gasteiger partial charge in [-0.2, -0.15) is 0 Å². The lowest BCUT2D eigenvalue weighted by Crippen LogP contribution is -2.40. The molecule has 3 N–H and O–H groups in total. The van der Waals surface area contributed by atoms with Gasteiger partial charge >= 0.3 is 0 Å². The number of anilines is 1. The highest BCUT2D eigenvalue weighted by Crippen LogP contribution is 2.16. The molecule has 2 rings (SSSR count). The number of nitrogens with one attached hydrogen (secondary N) is 3. The van der Waals surface area contributed by atoms with Crippen LogP contribution < -0.4 is 16.0 Å². The first kappa shape index (κ1) is 17.5. The maximum atomic E-state index is 12.2. The van der Waals surface area contributed by atoms with Crippen LogP contribution in [0.4, 0.5) is 5.69 Å². The van der Waals surface area contributed by atoms with Gasteiger partial charge in [-0.1, -0.05) is 6.07 Å². The SMILES string of the molecule is CC(C)(C)NC(=O)c1cccc(NC(=O)CCC2CCNC2)c1. The van der Waals surface area contributed by atoms with Gasteiger partial charge in [-0.15, -0.1) is 0 Å². The monoisotopic (exact) mass is 317 g/mol. The second-order valence-corrected chi connectivity index (χ2v) is 7.23. The maximum absolute atomic E-state index is 12.2. The van der Waals surface area contributed by atoms with E-state index in [2.05, 4.69) is 16.0 Å². The molecule has 1 heterocycles. The Morgan fingerprint density at radius 3 is 2.74 bits per heavy atom. The van der Waals surface area contributed by atoms with E-state index in [0.717, 1.165) is 25.9 Å². The third-order valence-electron chi connectivity index (χ3n) is 3.84. The summed E-state index contributed by atoms with van der Waals surface area (Å²) in [6.45, 7) is 7.88. The molecule has 1 unspecified atom stereocenters. The predicted octanol–water partition coefficient (Wildman–Crippen LogP) is 2.54. The normalized spacial score (nSPS) is 17.8. The smallest absolute Gasteiger partial charge is 0.251 e. The molecule has 1 aliphatic rings. The summed E-state index contributed by atoms with van der Waals surface area (Å²) in [4.78, 5) is 24.2. The summed E-state index contributed by atoms with van der Waals surface area (Å²) in [5, 5.41) is 9.11. The van der Waals surface area contributed by atoms with Crippen molar-refractivity contribution in [3.05, 3.63) is 29.8 Å². The van der Waals surface area contributed by atoms with Crippen LogP contribution >= 0.6 is 0 Å². The number of carbonyl (C=O) groups is 2. The minimum atomic E-state index is -0.286. The zero-order chi connectivity index (χ0) is 16.9. The van der Waals surface area contributed by atoms with Crippen molar-refractivity contribution in [3.8, 4) is 0 Å². The van der Waals surface area contributed by atoms with Crippen molar-refractivity contribution in [1.82, 2.24) is 10.6 Å². The van der Waals surface area contributed by atoms with E-state index in [0.29, 0.717) is 23.6 Å². The van der Waals surface area contributed by atoms with E-state index in [1.54, 1.807) is 18.2 Å². The van der Waals surface area contributed by atoms with Crippen LogP contribution in [-0.2, 0) is 4.79 Å². The molecule has 2 amide bonds. The van der Waals surface area contributed by atoms with Crippen molar-refractivity contribution in [3.63, 3.8) is 0 Å². The highest BCUT2D eigenvalue weighted by Gasteiger charge is 2.17. The lowest BCUT2D eigenvalue weighted by atomic mass is 10.0. The van der Waals surface area contributed by atoms with Crippen LogP contribution in [0, 0.1) is 5.92 Å². The summed E-state index contributed by atoms with van der Waals surface area (Å²) in [6.07, 6.45) is 2.57. The fraction of sp³-hybridized carbons (Fsp3) is 0.556. The van der Waals surface area contributed by atoms with Gasteiger partial charge in [0.15, 0.2) is 0 Å². The van der Waals surface area contributed by atoms with Crippen molar-refractivity contribution in [2.24, 2.45) is 5.92 Å². The van der Waals surface area contributed by atoms with Gasteiger partial charge in [0.2, 0.25) is 5.91 Å². The molecule has 0 aromatic heterocycles. The molecular weight excluding hydrogens is 290 g/mol. The molecule has 1 atom stereocenters. The van der Waals surface area contributed by atoms with Crippen molar-refractivity contribution in [2.75, 3.05) is 18.4 Å². The number of hydrogen-bond acceptors (Lipinski definition) is 3. The fourth-order valence-electron chi connectivity index (χ4n) is 2.67. The first-order chi connectivity index (χ1) is 10.8. The van der Waals surface area contributed by atoms with Gasteiger partial charge in [-0.05, 0) is 70.8 Å². The van der Waals surface area contributed by atoms with Gasteiger partial charge in [0.05, 0.1) is 0 Å². The molecule has 5 heteroatoms. The number of carbonyl (C=O) groups excluding carboxylic acids is 2. The average Bonchev–Trinajstić information content (AvgIpc) is 2.97. The van der Waals surface area contributed by atoms with Crippen LogP contribution in [0.1, 0.15) is 50.4 Å². The van der Waals surface area contributed by atoms with E-state index in [1.165, 1.54) is 0 Å². The van der Waals surface area contributed by atoms with Crippen molar-refractivity contribution in [1.29, 1.82) is 0 Å². The van der Waals surface area contributed by atoms with E-state index < -0.39 is 0 Å². The Morgan fingerprint density at radius 1 is 1.30 bits per heavy atom. The summed E-state index contributed by atoms with van der Waals surface area (Å²) >= 11 is 0. The molecule has 126 valence electrons. The van der Waals surface area contributed by atoms with Gasteiger partial charge in [0.1, 0.15) is 0 Å². The summed E-state index contributed by atoms with van der Waals surface area (Å²) in [5.74, 6) is 0.473. The zero-order valence-electron chi connectivity index (χ0n) is 14.2. The van der Waals surface area contributed by atoms with E-state index in [9.17, 15) is 9.59 Å². The van der Waals surface area contributed by atoms with Gasteiger partial charge < -0.3 is 16.0 Å². The third kappa shape index (κ3) is 6.02. The number of benzene rings is 1. The van der Waals surface area contributed by atoms with Crippen LogP contribution in [-0.4, -0.2) is 30.4 Å². The predicted molar refractivity (Wildman–Crippen MR) is 92.5 cm³/mol. The lowest BCUT2D eigenvalue weighted by Gasteiger charge is -2.20. The Bertz CT molecular complexity index is 558. The summed E-state index contributed by atoms with van der Waals surface area (Å²) < 4.78 is 0. The minimum Gasteiger partial charge on any atom is -0.347 e. The quantitative estimate of drug-likeness (QED) is 0.781. The van der Waals surface area contributed by atoms with Crippen LogP contribution in [0.25, 0.3) is 0 Å². The first-order valence-electron chi connectivity index (χ1n) is 8.27. The van der Waals surface area contributed by atoms with Crippen molar-refractivity contribution in [2.45, 2.75) is 45.6 Å². The van der Waals surface area contributed by atoms with Gasteiger partial charge in [-0.25, -0.2) is 0 Å². The Kier molecular flexibility index (Phi) is 5.77. The van der Waals surface area contributed by atoms with E-state index in [4.69, 9.17) is 0 Å². The van der Waals surface area contributed by atoms with Crippen molar-refractivity contribution >= 4 is 17.5 Å². The summed E-state index contributed by atoms with van der Waals surface area (Å²) in [5.41, 5.74) is 0.935. The molecule has 0 spiro atoms. The maximum Gasteiger partial charge on any atom is 0.251 e. The lowest BCUT2D eigenvalue weighted by molar-refractivity contribution is -0.116. The highest BCUT2D eigenvalue weighted by atomic mass is 16.2. The van der Waals surface area contributed by atoms with Gasteiger partial charge in [-0.3, -0.25) is 9.59 Å². The molecule has 1 aliphatic heterocycles. The Morgan fingerprint density at radius 2 is 2.09 bits per heavy atom. The Hall–Kier alpha value is -1.88. The molecule has 1 aromatic carbocycles. The Balaban J connectivity index is 1.88. The summed E-state index contributed by atoms with van der Waals surface area (Å²) in [7, 11) is 0. The first-order valence-corrected chi connectivity index (χ1v) is 8.27. The van der Waals surface area contributed by atoms with E-state index >= 15 is 0 Å². The highest BCUT2D eigenvalue weighted by molar-refractivity contribution is 5.97. The van der Waals surface area contributed by atoms with E-state index in [-0.39, 0.29) is 17.4 Å². The molecule has 0 aliphatic carbocycles. The molecule has 23 heavy (non-hydrogen) atoms. The van der Waals surface area contributed by atoms with Crippen LogP contribution in [0.5, 0.6) is 0 Å². The second-order valence-electron chi connectivity index (χ2n) is 7.23. The zero-order valence-corrected chi connectivity index (χ0v) is 14.2. The van der Waals surface area contributed by atoms with E-state index in [1.807, 2.05) is 26.8 Å². The molecule has 0 saturated carbocycles. The largest absolute Gasteiger partial charge is 0.347 e. The molecule has 1 fully saturated rings. The standard InChI is InChI=1S/C18H27N3O2/c1-18(2,3)21-17(23)14-5-4-6-15(11-14)20-16(22)8-7-13-9-10-19-12-13/h4-6,11,13,19H,7-10,12H2,1-3H3,(H,20,22)(H,21,23). The topological polar surface area (TPSA) is 70.2 Å². The molecule has 0 bridgehead atoms. The number of rotatable bonds is 5. The molecule has 1 aromatic rings. The van der Waals surface area contributed by atoms with Gasteiger partial charge in [0.25, 0.3) is 5.91 Å². The van der Waals surface area contributed by atoms with Crippen LogP contribution in [0.3, 0.4) is 0 Å². The molecule has 0 radical (unpaired) electrons. The molecular formula is C18H27N3O2. The van der Waals surface area contributed by atoms with Crippen LogP contribution in [0.2, 0.25) is 0 Å². The molecule has 5 nitrogen and oxygen atoms in total. The minimum absolute atomic E-state index is 0.00489. The van der Waals surface area contributed by atoms with Crippen LogP contribution in [0.15, 0.2) is 24.3 Å². The number of hydrogen-bond donors (Lipinski definition) is 3. The van der Waals surface area contributed by atoms with Crippen molar-refractivity contribution < 1.29 is 9.59 Å². The van der Waals surface area contributed by atoms with Gasteiger partial charge in [0, 0.05) is 23.2 Å². The second kappa shape index (κ2) is 7.59. The summed E-state index contributed by atoms with van der Waals surface area (Å²) in [6, 6.07) is 7.06. The fourth-order valence-corrected chi connectivity index (χ4v) is 2.67. The Labute approximate surface area is 138 Å². The third-order valence-corrected chi connectivity index (χ3v) is 3.84. The number of amides is 2. The average molecular weight is 317 g/mol.